The standard InChI is InChI=1S/C7H10Cl2F2S/c8-5-3-1-2-4-6(5)12-7(9,10)11/h5-6H,1-4H2. The predicted molar refractivity (Wildman–Crippen MR) is 50.3 cm³/mol. The molecule has 1 saturated carbocycles. The molecule has 1 rings (SSSR count). The summed E-state index contributed by atoms with van der Waals surface area (Å²) < 4.78 is 21.5. The minimum absolute atomic E-state index is 0.145. The first-order valence-corrected chi connectivity index (χ1v) is 5.57. The lowest BCUT2D eigenvalue weighted by molar-refractivity contribution is 0.201. The van der Waals surface area contributed by atoms with Crippen LogP contribution in [0.5, 0.6) is 0 Å². The fourth-order valence-corrected chi connectivity index (χ4v) is 3.05. The number of rotatable bonds is 2. The molecule has 5 heteroatoms. The molecule has 0 aromatic carbocycles. The largest absolute Gasteiger partial charge is 0.371 e. The quantitative estimate of drug-likeness (QED) is 0.650. The molecule has 0 N–H and O–H groups in total. The van der Waals surface area contributed by atoms with Gasteiger partial charge in [0.1, 0.15) is 0 Å². The van der Waals surface area contributed by atoms with Gasteiger partial charge in [0, 0.05) is 10.6 Å². The van der Waals surface area contributed by atoms with Gasteiger partial charge in [0.25, 0.3) is 0 Å². The van der Waals surface area contributed by atoms with E-state index in [2.05, 4.69) is 0 Å². The van der Waals surface area contributed by atoms with E-state index in [-0.39, 0.29) is 10.6 Å². The van der Waals surface area contributed by atoms with Gasteiger partial charge in [-0.25, -0.2) is 0 Å². The first-order valence-electron chi connectivity index (χ1n) is 3.87. The van der Waals surface area contributed by atoms with E-state index in [9.17, 15) is 8.78 Å². The van der Waals surface area contributed by atoms with Crippen LogP contribution in [0, 0.1) is 0 Å². The molecular weight excluding hydrogens is 225 g/mol. The summed E-state index contributed by atoms with van der Waals surface area (Å²) in [7, 11) is 0. The lowest BCUT2D eigenvalue weighted by Crippen LogP contribution is -2.25. The Bertz CT molecular complexity index is 149. The molecule has 0 nitrogen and oxygen atoms in total. The van der Waals surface area contributed by atoms with Crippen molar-refractivity contribution in [3.8, 4) is 0 Å². The maximum atomic E-state index is 12.3. The summed E-state index contributed by atoms with van der Waals surface area (Å²) >= 11 is 11.2. The zero-order valence-electron chi connectivity index (χ0n) is 6.40. The van der Waals surface area contributed by atoms with Gasteiger partial charge < -0.3 is 0 Å². The monoisotopic (exact) mass is 234 g/mol. The van der Waals surface area contributed by atoms with Crippen molar-refractivity contribution in [3.05, 3.63) is 0 Å². The van der Waals surface area contributed by atoms with Gasteiger partial charge in [0.15, 0.2) is 0 Å². The third kappa shape index (κ3) is 3.67. The second-order valence-corrected chi connectivity index (χ2v) is 5.52. The summed E-state index contributed by atoms with van der Waals surface area (Å²) in [6.07, 6.45) is 3.60. The molecule has 0 aliphatic heterocycles. The molecule has 0 aromatic heterocycles. The van der Waals surface area contributed by atoms with Crippen LogP contribution in [-0.2, 0) is 0 Å². The molecule has 72 valence electrons. The average molecular weight is 235 g/mol. The van der Waals surface area contributed by atoms with Crippen molar-refractivity contribution in [3.63, 3.8) is 0 Å². The topological polar surface area (TPSA) is 0 Å². The molecule has 0 heterocycles. The lowest BCUT2D eigenvalue weighted by atomic mass is 10.00. The highest BCUT2D eigenvalue weighted by Gasteiger charge is 2.35. The summed E-state index contributed by atoms with van der Waals surface area (Å²) in [5, 5.41) is -0.332. The Hall–Kier alpha value is 0.790. The molecule has 12 heavy (non-hydrogen) atoms. The number of alkyl halides is 4. The van der Waals surface area contributed by atoms with Gasteiger partial charge in [0.05, 0.1) is 0 Å². The van der Waals surface area contributed by atoms with Gasteiger partial charge in [-0.05, 0) is 24.4 Å². The zero-order valence-corrected chi connectivity index (χ0v) is 8.73. The highest BCUT2D eigenvalue weighted by molar-refractivity contribution is 8.02. The Balaban J connectivity index is 2.39. The Labute approximate surface area is 85.0 Å². The summed E-state index contributed by atoms with van der Waals surface area (Å²) in [6.45, 7) is 0. The molecule has 1 fully saturated rings. The molecule has 1 aliphatic rings. The second-order valence-electron chi connectivity index (χ2n) is 2.90. The van der Waals surface area contributed by atoms with Gasteiger partial charge >= 0.3 is 4.71 Å². The van der Waals surface area contributed by atoms with E-state index in [0.717, 1.165) is 25.7 Å². The third-order valence-electron chi connectivity index (χ3n) is 1.91. The Kier molecular flexibility index (Phi) is 3.93. The third-order valence-corrected chi connectivity index (χ3v) is 3.98. The highest BCUT2D eigenvalue weighted by atomic mass is 35.5. The van der Waals surface area contributed by atoms with Crippen molar-refractivity contribution >= 4 is 35.0 Å². The van der Waals surface area contributed by atoms with Crippen LogP contribution in [0.15, 0.2) is 0 Å². The van der Waals surface area contributed by atoms with E-state index >= 15 is 0 Å². The number of hydrogen-bond acceptors (Lipinski definition) is 1. The minimum Gasteiger partial charge on any atom is -0.177 e. The van der Waals surface area contributed by atoms with Crippen molar-refractivity contribution < 1.29 is 8.78 Å². The van der Waals surface area contributed by atoms with Crippen LogP contribution in [0.1, 0.15) is 25.7 Å². The zero-order chi connectivity index (χ0) is 9.19. The summed E-state index contributed by atoms with van der Waals surface area (Å²) in [4.78, 5) is 0. The molecule has 0 bridgehead atoms. The van der Waals surface area contributed by atoms with Gasteiger partial charge in [-0.1, -0.05) is 24.6 Å². The summed E-state index contributed by atoms with van der Waals surface area (Å²) in [6, 6.07) is 0. The van der Waals surface area contributed by atoms with Crippen molar-refractivity contribution in [2.75, 3.05) is 0 Å². The number of halogens is 4. The number of hydrogen-bond donors (Lipinski definition) is 0. The van der Waals surface area contributed by atoms with E-state index < -0.39 is 4.71 Å². The summed E-state index contributed by atoms with van der Waals surface area (Å²) in [5.74, 6) is 0. The summed E-state index contributed by atoms with van der Waals surface area (Å²) in [5.41, 5.74) is 0. The van der Waals surface area contributed by atoms with Crippen molar-refractivity contribution in [1.29, 1.82) is 0 Å². The highest BCUT2D eigenvalue weighted by Crippen LogP contribution is 2.43. The van der Waals surface area contributed by atoms with E-state index in [4.69, 9.17) is 23.2 Å². The molecule has 0 radical (unpaired) electrons. The molecule has 0 aromatic rings. The first-order chi connectivity index (χ1) is 5.49. The van der Waals surface area contributed by atoms with Crippen LogP contribution >= 0.6 is 35.0 Å². The fraction of sp³-hybridized carbons (Fsp3) is 1.00. The maximum absolute atomic E-state index is 12.3. The predicted octanol–water partition coefficient (Wildman–Crippen LogP) is 4.06. The smallest absolute Gasteiger partial charge is 0.177 e. The van der Waals surface area contributed by atoms with E-state index in [0.29, 0.717) is 11.8 Å². The van der Waals surface area contributed by atoms with Gasteiger partial charge in [-0.15, -0.1) is 11.6 Å². The Morgan fingerprint density at radius 2 is 1.83 bits per heavy atom. The van der Waals surface area contributed by atoms with E-state index in [1.807, 2.05) is 0 Å². The SMILES string of the molecule is FC(F)(Cl)SC1CCCCC1Cl. The van der Waals surface area contributed by atoms with Gasteiger partial charge in [-0.2, -0.15) is 8.78 Å². The van der Waals surface area contributed by atoms with Crippen LogP contribution in [0.25, 0.3) is 0 Å². The second kappa shape index (κ2) is 4.34. The fourth-order valence-electron chi connectivity index (χ4n) is 1.36. The molecule has 0 spiro atoms. The van der Waals surface area contributed by atoms with E-state index in [1.165, 1.54) is 0 Å². The van der Waals surface area contributed by atoms with Gasteiger partial charge in [-0.3, -0.25) is 0 Å². The van der Waals surface area contributed by atoms with Crippen LogP contribution in [0.2, 0.25) is 0 Å². The lowest BCUT2D eigenvalue weighted by Gasteiger charge is -2.27. The van der Waals surface area contributed by atoms with Crippen LogP contribution < -0.4 is 0 Å². The maximum Gasteiger partial charge on any atom is 0.371 e. The average Bonchev–Trinajstić information content (AvgIpc) is 1.91. The Morgan fingerprint density at radius 3 is 2.33 bits per heavy atom. The van der Waals surface area contributed by atoms with Crippen LogP contribution in [-0.4, -0.2) is 15.3 Å². The molecule has 1 aliphatic carbocycles. The normalized spacial score (nSPS) is 32.0. The Morgan fingerprint density at radius 1 is 1.25 bits per heavy atom. The molecule has 2 atom stereocenters. The van der Waals surface area contributed by atoms with E-state index in [1.54, 1.807) is 0 Å². The minimum atomic E-state index is -3.16. The first kappa shape index (κ1) is 10.9. The van der Waals surface area contributed by atoms with Crippen molar-refractivity contribution in [2.24, 2.45) is 0 Å². The van der Waals surface area contributed by atoms with Crippen LogP contribution in [0.4, 0.5) is 8.78 Å². The molecule has 0 saturated heterocycles. The van der Waals surface area contributed by atoms with Crippen molar-refractivity contribution in [2.45, 2.75) is 41.0 Å². The van der Waals surface area contributed by atoms with Crippen LogP contribution in [0.3, 0.4) is 0 Å². The van der Waals surface area contributed by atoms with Gasteiger partial charge in [0.2, 0.25) is 0 Å². The molecule has 0 amide bonds. The number of thioether (sulfide) groups is 1. The van der Waals surface area contributed by atoms with Crippen molar-refractivity contribution in [1.82, 2.24) is 0 Å². The molecular formula is C7H10Cl2F2S. The molecule has 2 unspecified atom stereocenters.